The standard InChI is InChI=1S/C26H31N3O5/c1-3-33-21-10-8-19(9-11-21)23-24(27-20-6-5-7-22(18-20)34-4-2)26(31)29(25(23)30)13-12-28-14-16-32-17-15-28/h5-11,18,27H,3-4,12-17H2,1-2H3. The average molecular weight is 466 g/mol. The minimum atomic E-state index is -0.330. The van der Waals surface area contributed by atoms with Crippen molar-refractivity contribution in [3.05, 3.63) is 59.8 Å². The predicted molar refractivity (Wildman–Crippen MR) is 130 cm³/mol. The van der Waals surface area contributed by atoms with E-state index in [0.717, 1.165) is 13.1 Å². The summed E-state index contributed by atoms with van der Waals surface area (Å²) in [6, 6.07) is 14.6. The van der Waals surface area contributed by atoms with Crippen LogP contribution in [0.25, 0.3) is 5.57 Å². The molecule has 0 aromatic heterocycles. The number of rotatable bonds is 10. The van der Waals surface area contributed by atoms with Gasteiger partial charge in [0.2, 0.25) is 0 Å². The Labute approximate surface area is 200 Å². The Bertz CT molecular complexity index is 1040. The molecule has 0 atom stereocenters. The van der Waals surface area contributed by atoms with E-state index in [1.54, 1.807) is 0 Å². The first-order chi connectivity index (χ1) is 16.6. The maximum Gasteiger partial charge on any atom is 0.278 e. The molecule has 2 aromatic carbocycles. The molecular formula is C26H31N3O5. The molecule has 2 amide bonds. The van der Waals surface area contributed by atoms with Crippen molar-refractivity contribution < 1.29 is 23.8 Å². The van der Waals surface area contributed by atoms with Gasteiger partial charge in [-0.2, -0.15) is 0 Å². The molecule has 8 heteroatoms. The van der Waals surface area contributed by atoms with Gasteiger partial charge < -0.3 is 19.5 Å². The molecule has 1 N–H and O–H groups in total. The highest BCUT2D eigenvalue weighted by Gasteiger charge is 2.39. The Hall–Kier alpha value is -3.36. The molecule has 0 radical (unpaired) electrons. The lowest BCUT2D eigenvalue weighted by molar-refractivity contribution is -0.137. The summed E-state index contributed by atoms with van der Waals surface area (Å²) in [5, 5.41) is 3.20. The van der Waals surface area contributed by atoms with Gasteiger partial charge in [0.15, 0.2) is 0 Å². The van der Waals surface area contributed by atoms with Gasteiger partial charge in [-0.1, -0.05) is 18.2 Å². The maximum atomic E-state index is 13.5. The fourth-order valence-corrected chi connectivity index (χ4v) is 4.09. The zero-order valence-electron chi connectivity index (χ0n) is 19.7. The van der Waals surface area contributed by atoms with Gasteiger partial charge in [0.25, 0.3) is 11.8 Å². The Kier molecular flexibility index (Phi) is 7.82. The zero-order chi connectivity index (χ0) is 23.9. The van der Waals surface area contributed by atoms with Crippen molar-refractivity contribution in [3.63, 3.8) is 0 Å². The Morgan fingerprint density at radius 2 is 1.59 bits per heavy atom. The highest BCUT2D eigenvalue weighted by molar-refractivity contribution is 6.36. The number of benzene rings is 2. The van der Waals surface area contributed by atoms with Gasteiger partial charge in [0.1, 0.15) is 17.2 Å². The molecule has 0 bridgehead atoms. The van der Waals surface area contributed by atoms with Crippen molar-refractivity contribution in [1.29, 1.82) is 0 Å². The monoisotopic (exact) mass is 465 g/mol. The molecule has 34 heavy (non-hydrogen) atoms. The second-order valence-corrected chi connectivity index (χ2v) is 8.01. The number of morpholine rings is 1. The normalized spacial score (nSPS) is 16.8. The number of hydrogen-bond donors (Lipinski definition) is 1. The second-order valence-electron chi connectivity index (χ2n) is 8.01. The summed E-state index contributed by atoms with van der Waals surface area (Å²) in [6.45, 7) is 8.79. The van der Waals surface area contributed by atoms with Gasteiger partial charge >= 0.3 is 0 Å². The van der Waals surface area contributed by atoms with E-state index in [4.69, 9.17) is 14.2 Å². The molecule has 180 valence electrons. The third kappa shape index (κ3) is 5.40. The summed E-state index contributed by atoms with van der Waals surface area (Å²) < 4.78 is 16.5. The molecule has 0 saturated carbocycles. The van der Waals surface area contributed by atoms with Crippen molar-refractivity contribution in [2.75, 3.05) is 57.9 Å². The van der Waals surface area contributed by atoms with E-state index >= 15 is 0 Å². The molecule has 2 heterocycles. The first-order valence-corrected chi connectivity index (χ1v) is 11.7. The van der Waals surface area contributed by atoms with Crippen LogP contribution in [-0.4, -0.2) is 74.2 Å². The molecule has 8 nitrogen and oxygen atoms in total. The van der Waals surface area contributed by atoms with Crippen molar-refractivity contribution in [1.82, 2.24) is 9.80 Å². The fourth-order valence-electron chi connectivity index (χ4n) is 4.09. The topological polar surface area (TPSA) is 80.3 Å². The third-order valence-corrected chi connectivity index (χ3v) is 5.78. The molecule has 2 aliphatic rings. The highest BCUT2D eigenvalue weighted by Crippen LogP contribution is 2.32. The highest BCUT2D eigenvalue weighted by atomic mass is 16.5. The Morgan fingerprint density at radius 1 is 0.882 bits per heavy atom. The molecule has 0 unspecified atom stereocenters. The average Bonchev–Trinajstić information content (AvgIpc) is 3.08. The number of hydrogen-bond acceptors (Lipinski definition) is 7. The molecular weight excluding hydrogens is 434 g/mol. The van der Waals surface area contributed by atoms with Gasteiger partial charge in [-0.05, 0) is 43.7 Å². The molecule has 0 aliphatic carbocycles. The van der Waals surface area contributed by atoms with E-state index in [9.17, 15) is 9.59 Å². The lowest BCUT2D eigenvalue weighted by atomic mass is 10.0. The predicted octanol–water partition coefficient (Wildman–Crippen LogP) is 3.01. The van der Waals surface area contributed by atoms with E-state index in [0.29, 0.717) is 67.8 Å². The molecule has 2 aromatic rings. The summed E-state index contributed by atoms with van der Waals surface area (Å²) in [5.41, 5.74) is 1.97. The molecule has 0 spiro atoms. The maximum absolute atomic E-state index is 13.5. The fraction of sp³-hybridized carbons (Fsp3) is 0.385. The van der Waals surface area contributed by atoms with Crippen LogP contribution in [0.1, 0.15) is 19.4 Å². The quantitative estimate of drug-likeness (QED) is 0.541. The number of carbonyl (C=O) groups excluding carboxylic acids is 2. The van der Waals surface area contributed by atoms with Crippen LogP contribution in [-0.2, 0) is 14.3 Å². The van der Waals surface area contributed by atoms with Gasteiger partial charge in [0.05, 0.1) is 32.0 Å². The largest absolute Gasteiger partial charge is 0.494 e. The van der Waals surface area contributed by atoms with Crippen LogP contribution in [0.3, 0.4) is 0 Å². The summed E-state index contributed by atoms with van der Waals surface area (Å²) in [7, 11) is 0. The van der Waals surface area contributed by atoms with E-state index in [1.165, 1.54) is 4.90 Å². The van der Waals surface area contributed by atoms with Crippen LogP contribution in [0.2, 0.25) is 0 Å². The number of ether oxygens (including phenoxy) is 3. The lowest BCUT2D eigenvalue weighted by Crippen LogP contribution is -2.43. The summed E-state index contributed by atoms with van der Waals surface area (Å²) in [4.78, 5) is 30.5. The minimum Gasteiger partial charge on any atom is -0.494 e. The molecule has 4 rings (SSSR count). The summed E-state index contributed by atoms with van der Waals surface area (Å²) in [6.07, 6.45) is 0. The van der Waals surface area contributed by atoms with Crippen LogP contribution in [0.15, 0.2) is 54.2 Å². The van der Waals surface area contributed by atoms with Gasteiger partial charge in [0, 0.05) is 37.9 Å². The van der Waals surface area contributed by atoms with Crippen LogP contribution in [0, 0.1) is 0 Å². The SMILES string of the molecule is CCOc1ccc(C2=C(Nc3cccc(OCC)c3)C(=O)N(CCN3CCOCC3)C2=O)cc1. The summed E-state index contributed by atoms with van der Waals surface area (Å²) in [5.74, 6) is 0.776. The van der Waals surface area contributed by atoms with E-state index < -0.39 is 0 Å². The van der Waals surface area contributed by atoms with E-state index in [-0.39, 0.29) is 17.5 Å². The third-order valence-electron chi connectivity index (χ3n) is 5.78. The van der Waals surface area contributed by atoms with Gasteiger partial charge in [-0.3, -0.25) is 19.4 Å². The van der Waals surface area contributed by atoms with Crippen LogP contribution < -0.4 is 14.8 Å². The first-order valence-electron chi connectivity index (χ1n) is 11.7. The van der Waals surface area contributed by atoms with Gasteiger partial charge in [-0.15, -0.1) is 0 Å². The lowest BCUT2D eigenvalue weighted by Gasteiger charge is -2.28. The number of imide groups is 1. The van der Waals surface area contributed by atoms with Crippen molar-refractivity contribution in [2.45, 2.75) is 13.8 Å². The Balaban J connectivity index is 1.62. The Morgan fingerprint density at radius 3 is 2.29 bits per heavy atom. The number of nitrogens with zero attached hydrogens (tertiary/aromatic N) is 2. The van der Waals surface area contributed by atoms with Crippen molar-refractivity contribution in [2.24, 2.45) is 0 Å². The molecule has 2 aliphatic heterocycles. The molecule has 1 fully saturated rings. The van der Waals surface area contributed by atoms with Gasteiger partial charge in [-0.25, -0.2) is 0 Å². The first kappa shape index (κ1) is 23.8. The minimum absolute atomic E-state index is 0.268. The van der Waals surface area contributed by atoms with E-state index in [1.807, 2.05) is 62.4 Å². The van der Waals surface area contributed by atoms with Crippen LogP contribution in [0.4, 0.5) is 5.69 Å². The van der Waals surface area contributed by atoms with Crippen molar-refractivity contribution in [3.8, 4) is 11.5 Å². The number of amides is 2. The molecule has 1 saturated heterocycles. The van der Waals surface area contributed by atoms with Crippen molar-refractivity contribution >= 4 is 23.1 Å². The number of carbonyl (C=O) groups is 2. The van der Waals surface area contributed by atoms with Crippen LogP contribution in [0.5, 0.6) is 11.5 Å². The zero-order valence-corrected chi connectivity index (χ0v) is 19.7. The number of anilines is 1. The van der Waals surface area contributed by atoms with E-state index in [2.05, 4.69) is 10.2 Å². The summed E-state index contributed by atoms with van der Waals surface area (Å²) >= 11 is 0. The number of nitrogens with one attached hydrogen (secondary N) is 1. The van der Waals surface area contributed by atoms with Crippen LogP contribution >= 0.6 is 0 Å². The second kappa shape index (κ2) is 11.2. The smallest absolute Gasteiger partial charge is 0.278 e.